The Morgan fingerprint density at radius 2 is 1.96 bits per heavy atom. The smallest absolute Gasteiger partial charge is 0.322 e. The molecule has 2 bridgehead atoms. The number of H-pyrrole nitrogens is 1. The fraction of sp³-hybridized carbons (Fsp3) is 0.294. The van der Waals surface area contributed by atoms with Crippen LogP contribution in [0.1, 0.15) is 30.0 Å². The van der Waals surface area contributed by atoms with E-state index < -0.39 is 23.2 Å². The summed E-state index contributed by atoms with van der Waals surface area (Å²) in [7, 11) is 0. The third-order valence-electron chi connectivity index (χ3n) is 4.96. The Morgan fingerprint density at radius 3 is 2.73 bits per heavy atom. The van der Waals surface area contributed by atoms with Crippen LogP contribution in [0, 0.1) is 11.6 Å². The van der Waals surface area contributed by atoms with Crippen LogP contribution in [0.5, 0.6) is 0 Å². The Labute approximate surface area is 156 Å². The van der Waals surface area contributed by atoms with Gasteiger partial charge in [-0.05, 0) is 37.0 Å². The van der Waals surface area contributed by atoms with Gasteiger partial charge in [-0.15, -0.1) is 0 Å². The zero-order valence-electron chi connectivity index (χ0n) is 13.3. The van der Waals surface area contributed by atoms with Gasteiger partial charge in [0.05, 0.1) is 21.8 Å². The van der Waals surface area contributed by atoms with Crippen molar-refractivity contribution in [3.63, 3.8) is 0 Å². The molecule has 26 heavy (non-hydrogen) atoms. The van der Waals surface area contributed by atoms with E-state index in [1.54, 1.807) is 4.90 Å². The first-order valence-electron chi connectivity index (χ1n) is 8.00. The average molecular weight is 400 g/mol. The van der Waals surface area contributed by atoms with E-state index in [9.17, 15) is 18.4 Å². The summed E-state index contributed by atoms with van der Waals surface area (Å²) >= 11 is 11.6. The average Bonchev–Trinajstić information content (AvgIpc) is 2.91. The standard InChI is InChI=1S/C17H13Cl2F2N3O2/c18-10-4-12(20)13(5-11(10)19)23-17(26)24-7-1-2-14(24)9-6-22-16(25)15(21)8(9)3-7/h4-7,14H,1-3H2,(H,22,25)(H,23,26). The molecule has 4 rings (SSSR count). The monoisotopic (exact) mass is 399 g/mol. The molecule has 1 saturated heterocycles. The molecule has 2 amide bonds. The lowest BCUT2D eigenvalue weighted by Gasteiger charge is -2.36. The van der Waals surface area contributed by atoms with Crippen molar-refractivity contribution in [2.45, 2.75) is 31.3 Å². The highest BCUT2D eigenvalue weighted by molar-refractivity contribution is 6.42. The fourth-order valence-corrected chi connectivity index (χ4v) is 4.11. The Kier molecular flexibility index (Phi) is 4.16. The summed E-state index contributed by atoms with van der Waals surface area (Å²) in [4.78, 5) is 28.2. The molecule has 3 heterocycles. The second kappa shape index (κ2) is 6.25. The number of halogens is 4. The van der Waals surface area contributed by atoms with E-state index in [-0.39, 0.29) is 34.2 Å². The Hall–Kier alpha value is -2.12. The zero-order chi connectivity index (χ0) is 18.6. The highest BCUT2D eigenvalue weighted by atomic mass is 35.5. The van der Waals surface area contributed by atoms with E-state index in [4.69, 9.17) is 23.2 Å². The number of urea groups is 1. The molecule has 0 aliphatic carbocycles. The maximum Gasteiger partial charge on any atom is 0.322 e. The predicted molar refractivity (Wildman–Crippen MR) is 93.8 cm³/mol. The lowest BCUT2D eigenvalue weighted by atomic mass is 9.95. The van der Waals surface area contributed by atoms with Crippen molar-refractivity contribution in [3.8, 4) is 0 Å². The maximum atomic E-state index is 14.1. The number of nitrogens with one attached hydrogen (secondary N) is 2. The third kappa shape index (κ3) is 2.66. The van der Waals surface area contributed by atoms with Crippen LogP contribution in [0.15, 0.2) is 23.1 Å². The van der Waals surface area contributed by atoms with Gasteiger partial charge in [0, 0.05) is 17.8 Å². The summed E-state index contributed by atoms with van der Waals surface area (Å²) in [6, 6.07) is 1.14. The third-order valence-corrected chi connectivity index (χ3v) is 5.68. The van der Waals surface area contributed by atoms with Crippen molar-refractivity contribution in [1.29, 1.82) is 0 Å². The number of aromatic nitrogens is 1. The molecule has 9 heteroatoms. The SMILES string of the molecule is O=C(Nc1cc(Cl)c(Cl)cc1F)N1C2CCC1c1c[nH]c(=O)c(F)c1C2. The second-order valence-electron chi connectivity index (χ2n) is 6.40. The van der Waals surface area contributed by atoms with E-state index >= 15 is 0 Å². The highest BCUT2D eigenvalue weighted by Crippen LogP contribution is 2.44. The number of aromatic amines is 1. The molecule has 2 atom stereocenters. The first-order valence-corrected chi connectivity index (χ1v) is 8.76. The van der Waals surface area contributed by atoms with Gasteiger partial charge in [0.1, 0.15) is 5.82 Å². The number of amides is 2. The number of anilines is 1. The maximum absolute atomic E-state index is 14.1. The summed E-state index contributed by atoms with van der Waals surface area (Å²) in [6.45, 7) is 0. The fourth-order valence-electron chi connectivity index (χ4n) is 3.79. The number of benzene rings is 1. The number of hydrogen-bond donors (Lipinski definition) is 2. The molecule has 5 nitrogen and oxygen atoms in total. The van der Waals surface area contributed by atoms with Crippen LogP contribution in [-0.4, -0.2) is 22.0 Å². The molecule has 1 fully saturated rings. The van der Waals surface area contributed by atoms with Crippen molar-refractivity contribution in [3.05, 3.63) is 61.5 Å². The minimum absolute atomic E-state index is 0.0496. The molecule has 0 spiro atoms. The minimum atomic E-state index is -0.796. The van der Waals surface area contributed by atoms with Crippen molar-refractivity contribution in [2.24, 2.45) is 0 Å². The lowest BCUT2D eigenvalue weighted by Crippen LogP contribution is -2.45. The lowest BCUT2D eigenvalue weighted by molar-refractivity contribution is 0.178. The van der Waals surface area contributed by atoms with Crippen molar-refractivity contribution in [1.82, 2.24) is 9.88 Å². The van der Waals surface area contributed by atoms with Gasteiger partial charge in [-0.3, -0.25) is 4.79 Å². The summed E-state index contributed by atoms with van der Waals surface area (Å²) in [5, 5.41) is 2.68. The molecular weight excluding hydrogens is 387 g/mol. The number of carbonyl (C=O) groups is 1. The Bertz CT molecular complexity index is 979. The number of hydrogen-bond acceptors (Lipinski definition) is 2. The number of rotatable bonds is 1. The predicted octanol–water partition coefficient (Wildman–Crippen LogP) is 4.25. The molecule has 2 N–H and O–H groups in total. The van der Waals surface area contributed by atoms with E-state index in [0.717, 1.165) is 6.07 Å². The molecular formula is C17H13Cl2F2N3O2. The molecule has 1 aromatic carbocycles. The molecule has 2 aliphatic heterocycles. The number of carbonyl (C=O) groups excluding carboxylic acids is 1. The number of fused-ring (bicyclic) bond motifs is 4. The molecule has 1 aromatic heterocycles. The van der Waals surface area contributed by atoms with Gasteiger partial charge in [-0.25, -0.2) is 13.6 Å². The van der Waals surface area contributed by atoms with E-state index in [1.807, 2.05) is 0 Å². The van der Waals surface area contributed by atoms with Crippen molar-refractivity contribution in [2.75, 3.05) is 5.32 Å². The van der Waals surface area contributed by atoms with Gasteiger partial charge >= 0.3 is 6.03 Å². The van der Waals surface area contributed by atoms with Crippen LogP contribution in [0.2, 0.25) is 10.0 Å². The first kappa shape index (κ1) is 17.3. The largest absolute Gasteiger partial charge is 0.326 e. The topological polar surface area (TPSA) is 65.2 Å². The van der Waals surface area contributed by atoms with E-state index in [2.05, 4.69) is 10.3 Å². The molecule has 2 aliphatic rings. The van der Waals surface area contributed by atoms with Crippen LogP contribution in [0.4, 0.5) is 19.3 Å². The van der Waals surface area contributed by atoms with Gasteiger partial charge in [0.25, 0.3) is 5.56 Å². The zero-order valence-corrected chi connectivity index (χ0v) is 14.8. The number of pyridine rings is 1. The molecule has 0 saturated carbocycles. The summed E-state index contributed by atoms with van der Waals surface area (Å²) in [5.41, 5.74) is 0.0906. The summed E-state index contributed by atoms with van der Waals surface area (Å²) in [5.74, 6) is -1.50. The van der Waals surface area contributed by atoms with Crippen molar-refractivity contribution < 1.29 is 13.6 Å². The summed E-state index contributed by atoms with van der Waals surface area (Å²) < 4.78 is 28.2. The molecule has 2 aromatic rings. The van der Waals surface area contributed by atoms with Gasteiger partial charge in [-0.1, -0.05) is 23.2 Å². The van der Waals surface area contributed by atoms with Gasteiger partial charge < -0.3 is 15.2 Å². The minimum Gasteiger partial charge on any atom is -0.326 e. The number of nitrogens with zero attached hydrogens (tertiary/aromatic N) is 1. The van der Waals surface area contributed by atoms with Crippen LogP contribution < -0.4 is 10.9 Å². The van der Waals surface area contributed by atoms with Crippen LogP contribution >= 0.6 is 23.2 Å². The van der Waals surface area contributed by atoms with Gasteiger partial charge in [0.2, 0.25) is 0 Å². The van der Waals surface area contributed by atoms with Crippen LogP contribution in [0.25, 0.3) is 0 Å². The van der Waals surface area contributed by atoms with Crippen LogP contribution in [0.3, 0.4) is 0 Å². The van der Waals surface area contributed by atoms with E-state index in [1.165, 1.54) is 12.3 Å². The molecule has 2 unspecified atom stereocenters. The summed E-state index contributed by atoms with van der Waals surface area (Å²) in [6.07, 6.45) is 3.01. The van der Waals surface area contributed by atoms with Gasteiger partial charge in [0.15, 0.2) is 5.82 Å². The quantitative estimate of drug-likeness (QED) is 0.703. The molecule has 136 valence electrons. The van der Waals surface area contributed by atoms with E-state index in [0.29, 0.717) is 24.0 Å². The highest BCUT2D eigenvalue weighted by Gasteiger charge is 2.44. The first-order chi connectivity index (χ1) is 12.4. The second-order valence-corrected chi connectivity index (χ2v) is 7.21. The Balaban J connectivity index is 1.65. The Morgan fingerprint density at radius 1 is 1.23 bits per heavy atom. The molecule has 0 radical (unpaired) electrons. The van der Waals surface area contributed by atoms with Crippen molar-refractivity contribution >= 4 is 34.9 Å². The van der Waals surface area contributed by atoms with Crippen LogP contribution in [-0.2, 0) is 6.42 Å². The normalized spacial score (nSPS) is 20.8. The van der Waals surface area contributed by atoms with Gasteiger partial charge in [-0.2, -0.15) is 0 Å².